The van der Waals surface area contributed by atoms with Crippen LogP contribution in [0.25, 0.3) is 0 Å². The summed E-state index contributed by atoms with van der Waals surface area (Å²) in [6.07, 6.45) is 2.20. The molecule has 2 rings (SSSR count). The first-order valence-corrected chi connectivity index (χ1v) is 7.82. The average Bonchev–Trinajstić information content (AvgIpc) is 2.96. The molecule has 2 unspecified atom stereocenters. The number of rotatable bonds is 7. The number of hydrogen-bond donors (Lipinski definition) is 1. The molecule has 4 heteroatoms. The van der Waals surface area contributed by atoms with Crippen LogP contribution in [0.2, 0.25) is 5.02 Å². The Morgan fingerprint density at radius 2 is 2.35 bits per heavy atom. The van der Waals surface area contributed by atoms with Gasteiger partial charge >= 0.3 is 0 Å². The van der Waals surface area contributed by atoms with Crippen molar-refractivity contribution in [2.45, 2.75) is 32.7 Å². The molecule has 1 heterocycles. The van der Waals surface area contributed by atoms with Crippen molar-refractivity contribution in [2.24, 2.45) is 5.92 Å². The molecule has 3 nitrogen and oxygen atoms in total. The Hall–Kier alpha value is -0.770. The predicted octanol–water partition coefficient (Wildman–Crippen LogP) is 3.82. The van der Waals surface area contributed by atoms with Crippen LogP contribution in [0.15, 0.2) is 18.2 Å². The summed E-state index contributed by atoms with van der Waals surface area (Å²) in [6.45, 7) is 7.66. The lowest BCUT2D eigenvalue weighted by Crippen LogP contribution is -2.19. The molecule has 0 amide bonds. The second-order valence-corrected chi connectivity index (χ2v) is 5.81. The first-order chi connectivity index (χ1) is 9.70. The largest absolute Gasteiger partial charge is 0.492 e. The molecule has 2 atom stereocenters. The van der Waals surface area contributed by atoms with Crippen molar-refractivity contribution < 1.29 is 9.47 Å². The second kappa shape index (κ2) is 7.87. The maximum Gasteiger partial charge on any atom is 0.137 e. The van der Waals surface area contributed by atoms with Crippen LogP contribution in [0.5, 0.6) is 5.75 Å². The van der Waals surface area contributed by atoms with Gasteiger partial charge < -0.3 is 14.8 Å². The number of benzene rings is 1. The van der Waals surface area contributed by atoms with Crippen LogP contribution in [-0.4, -0.2) is 26.4 Å². The Kier molecular flexibility index (Phi) is 6.14. The molecule has 1 aliphatic heterocycles. The fourth-order valence-corrected chi connectivity index (χ4v) is 2.55. The summed E-state index contributed by atoms with van der Waals surface area (Å²) in [5.41, 5.74) is 1.19. The Bertz CT molecular complexity index is 419. The van der Waals surface area contributed by atoms with Crippen LogP contribution in [0, 0.1) is 5.92 Å². The van der Waals surface area contributed by atoms with Gasteiger partial charge in [-0.3, -0.25) is 0 Å². The van der Waals surface area contributed by atoms with E-state index in [0.717, 1.165) is 38.3 Å². The maximum atomic E-state index is 6.31. The van der Waals surface area contributed by atoms with E-state index in [1.807, 2.05) is 12.1 Å². The lowest BCUT2D eigenvalue weighted by Gasteiger charge is -2.16. The fourth-order valence-electron chi connectivity index (χ4n) is 2.30. The smallest absolute Gasteiger partial charge is 0.137 e. The van der Waals surface area contributed by atoms with Crippen molar-refractivity contribution in [3.63, 3.8) is 0 Å². The minimum atomic E-state index is 0.310. The van der Waals surface area contributed by atoms with Crippen molar-refractivity contribution in [2.75, 3.05) is 26.4 Å². The summed E-state index contributed by atoms with van der Waals surface area (Å²) >= 11 is 6.31. The Morgan fingerprint density at radius 3 is 3.00 bits per heavy atom. The van der Waals surface area contributed by atoms with Crippen molar-refractivity contribution in [1.29, 1.82) is 0 Å². The fraction of sp³-hybridized carbons (Fsp3) is 0.625. The van der Waals surface area contributed by atoms with E-state index in [-0.39, 0.29) is 0 Å². The van der Waals surface area contributed by atoms with Gasteiger partial charge in [0.2, 0.25) is 0 Å². The molecule has 0 saturated carbocycles. The molecule has 1 aromatic carbocycles. The van der Waals surface area contributed by atoms with Gasteiger partial charge in [0.05, 0.1) is 18.2 Å². The lowest BCUT2D eigenvalue weighted by molar-refractivity contribution is 0.167. The van der Waals surface area contributed by atoms with E-state index >= 15 is 0 Å². The van der Waals surface area contributed by atoms with Crippen molar-refractivity contribution in [3.8, 4) is 5.75 Å². The SMILES string of the molecule is CCCNC(C)c1ccc(OCC2CCOC2)c(Cl)c1. The zero-order valence-corrected chi connectivity index (χ0v) is 13.1. The molecular formula is C16H24ClNO2. The molecular weight excluding hydrogens is 274 g/mol. The maximum absolute atomic E-state index is 6.31. The quantitative estimate of drug-likeness (QED) is 0.830. The van der Waals surface area contributed by atoms with Crippen LogP contribution in [0.3, 0.4) is 0 Å². The van der Waals surface area contributed by atoms with Crippen molar-refractivity contribution >= 4 is 11.6 Å². The first-order valence-electron chi connectivity index (χ1n) is 7.44. The van der Waals surface area contributed by atoms with E-state index in [2.05, 4.69) is 25.2 Å². The minimum absolute atomic E-state index is 0.310. The van der Waals surface area contributed by atoms with Gasteiger partial charge in [-0.1, -0.05) is 24.6 Å². The Balaban J connectivity index is 1.91. The molecule has 20 heavy (non-hydrogen) atoms. The molecule has 0 bridgehead atoms. The highest BCUT2D eigenvalue weighted by molar-refractivity contribution is 6.32. The third kappa shape index (κ3) is 4.37. The van der Waals surface area contributed by atoms with E-state index in [9.17, 15) is 0 Å². The van der Waals surface area contributed by atoms with Crippen LogP contribution in [0.1, 0.15) is 38.3 Å². The molecule has 112 valence electrons. The van der Waals surface area contributed by atoms with E-state index in [0.29, 0.717) is 23.6 Å². The minimum Gasteiger partial charge on any atom is -0.492 e. The predicted molar refractivity (Wildman–Crippen MR) is 82.6 cm³/mol. The van der Waals surface area contributed by atoms with Gasteiger partial charge in [-0.2, -0.15) is 0 Å². The topological polar surface area (TPSA) is 30.5 Å². The summed E-state index contributed by atoms with van der Waals surface area (Å²) in [4.78, 5) is 0. The van der Waals surface area contributed by atoms with Gasteiger partial charge in [-0.05, 0) is 44.0 Å². The number of halogens is 1. The van der Waals surface area contributed by atoms with Gasteiger partial charge in [0.1, 0.15) is 5.75 Å². The average molecular weight is 298 g/mol. The molecule has 1 aliphatic rings. The molecule has 0 radical (unpaired) electrons. The number of ether oxygens (including phenoxy) is 2. The summed E-state index contributed by atoms with van der Waals surface area (Å²) < 4.78 is 11.1. The summed E-state index contributed by atoms with van der Waals surface area (Å²) in [5.74, 6) is 1.26. The van der Waals surface area contributed by atoms with Crippen LogP contribution in [-0.2, 0) is 4.74 Å². The van der Waals surface area contributed by atoms with Gasteiger partial charge in [-0.25, -0.2) is 0 Å². The molecule has 1 saturated heterocycles. The zero-order chi connectivity index (χ0) is 14.4. The van der Waals surface area contributed by atoms with Crippen LogP contribution < -0.4 is 10.1 Å². The van der Waals surface area contributed by atoms with Crippen molar-refractivity contribution in [1.82, 2.24) is 5.32 Å². The van der Waals surface area contributed by atoms with E-state index in [1.54, 1.807) is 0 Å². The van der Waals surface area contributed by atoms with Crippen molar-refractivity contribution in [3.05, 3.63) is 28.8 Å². The standard InChI is InChI=1S/C16H24ClNO2/c1-3-7-18-12(2)14-4-5-16(15(17)9-14)20-11-13-6-8-19-10-13/h4-5,9,12-13,18H,3,6-8,10-11H2,1-2H3. The molecule has 0 spiro atoms. The van der Waals surface area contributed by atoms with Gasteiger partial charge in [0.25, 0.3) is 0 Å². The second-order valence-electron chi connectivity index (χ2n) is 5.41. The Labute approximate surface area is 126 Å². The summed E-state index contributed by atoms with van der Waals surface area (Å²) in [6, 6.07) is 6.36. The highest BCUT2D eigenvalue weighted by Gasteiger charge is 2.17. The van der Waals surface area contributed by atoms with Crippen LogP contribution in [0.4, 0.5) is 0 Å². The third-order valence-corrected chi connectivity index (χ3v) is 3.95. The van der Waals surface area contributed by atoms with E-state index in [4.69, 9.17) is 21.1 Å². The van der Waals surface area contributed by atoms with Gasteiger partial charge in [0, 0.05) is 18.6 Å². The Morgan fingerprint density at radius 1 is 1.50 bits per heavy atom. The van der Waals surface area contributed by atoms with E-state index in [1.165, 1.54) is 5.56 Å². The van der Waals surface area contributed by atoms with Crippen LogP contribution >= 0.6 is 11.6 Å². The van der Waals surface area contributed by atoms with Gasteiger partial charge in [-0.15, -0.1) is 0 Å². The van der Waals surface area contributed by atoms with E-state index < -0.39 is 0 Å². The highest BCUT2D eigenvalue weighted by atomic mass is 35.5. The lowest BCUT2D eigenvalue weighted by atomic mass is 10.1. The molecule has 0 aliphatic carbocycles. The molecule has 1 aromatic rings. The molecule has 1 N–H and O–H groups in total. The summed E-state index contributed by atoms with van der Waals surface area (Å²) in [7, 11) is 0. The molecule has 0 aromatic heterocycles. The van der Waals surface area contributed by atoms with Gasteiger partial charge in [0.15, 0.2) is 0 Å². The summed E-state index contributed by atoms with van der Waals surface area (Å²) in [5, 5.41) is 4.14. The normalized spacial score (nSPS) is 20.1. The monoisotopic (exact) mass is 297 g/mol. The molecule has 1 fully saturated rings. The highest BCUT2D eigenvalue weighted by Crippen LogP contribution is 2.28. The first kappa shape index (κ1) is 15.6. The number of nitrogens with one attached hydrogen (secondary N) is 1. The third-order valence-electron chi connectivity index (χ3n) is 3.65. The number of hydrogen-bond acceptors (Lipinski definition) is 3. The zero-order valence-electron chi connectivity index (χ0n) is 12.3.